The van der Waals surface area contributed by atoms with Gasteiger partial charge >= 0.3 is 5.97 Å². The van der Waals surface area contributed by atoms with Crippen molar-refractivity contribution in [2.75, 3.05) is 13.1 Å². The maximum absolute atomic E-state index is 11.1. The minimum Gasteiger partial charge on any atom is -0.508 e. The third-order valence-electron chi connectivity index (χ3n) is 3.50. The number of aliphatic hydroxyl groups is 1. The molecule has 4 N–H and O–H groups in total. The van der Waals surface area contributed by atoms with Gasteiger partial charge in [-0.1, -0.05) is 6.07 Å². The van der Waals surface area contributed by atoms with E-state index in [2.05, 4.69) is 0 Å². The predicted molar refractivity (Wildman–Crippen MR) is 67.1 cm³/mol. The van der Waals surface area contributed by atoms with E-state index in [1.54, 1.807) is 4.90 Å². The summed E-state index contributed by atoms with van der Waals surface area (Å²) in [5.41, 5.74) is 0.396. The summed E-state index contributed by atoms with van der Waals surface area (Å²) in [6, 6.07) is 3.58. The lowest BCUT2D eigenvalue weighted by molar-refractivity contribution is -0.144. The summed E-state index contributed by atoms with van der Waals surface area (Å²) in [6.45, 7) is 0.853. The Labute approximate surface area is 110 Å². The summed E-state index contributed by atoms with van der Waals surface area (Å²) < 4.78 is 0. The summed E-state index contributed by atoms with van der Waals surface area (Å²) >= 11 is 0. The number of nitrogens with zero attached hydrogens (tertiary/aromatic N) is 1. The molecule has 2 rings (SSSR count). The van der Waals surface area contributed by atoms with Crippen molar-refractivity contribution in [2.45, 2.75) is 25.0 Å². The van der Waals surface area contributed by atoms with Crippen molar-refractivity contribution >= 4 is 5.97 Å². The smallest absolute Gasteiger partial charge is 0.323 e. The first kappa shape index (κ1) is 13.6. The van der Waals surface area contributed by atoms with Crippen molar-refractivity contribution < 1.29 is 25.2 Å². The zero-order valence-corrected chi connectivity index (χ0v) is 10.4. The third kappa shape index (κ3) is 2.80. The fourth-order valence-corrected chi connectivity index (χ4v) is 2.48. The Balaban J connectivity index is 2.04. The SMILES string of the molecule is O=C(O)[C@@H]1C(O)CCN1CCc1c(O)cccc1O. The highest BCUT2D eigenvalue weighted by Crippen LogP contribution is 2.28. The molecule has 1 aliphatic heterocycles. The maximum Gasteiger partial charge on any atom is 0.323 e. The van der Waals surface area contributed by atoms with Gasteiger partial charge in [-0.3, -0.25) is 9.69 Å². The Morgan fingerprint density at radius 2 is 1.95 bits per heavy atom. The van der Waals surface area contributed by atoms with Crippen LogP contribution in [0.3, 0.4) is 0 Å². The second-order valence-electron chi connectivity index (χ2n) is 4.70. The molecule has 1 aromatic carbocycles. The summed E-state index contributed by atoms with van der Waals surface area (Å²) in [6.07, 6.45) is -0.117. The van der Waals surface area contributed by atoms with E-state index in [0.717, 1.165) is 0 Å². The molecular weight excluding hydrogens is 250 g/mol. The van der Waals surface area contributed by atoms with Crippen molar-refractivity contribution in [3.8, 4) is 11.5 Å². The van der Waals surface area contributed by atoms with Gasteiger partial charge in [-0.15, -0.1) is 0 Å². The number of aromatic hydroxyl groups is 2. The summed E-state index contributed by atoms with van der Waals surface area (Å²) in [5, 5.41) is 38.0. The van der Waals surface area contributed by atoms with Gasteiger partial charge in [-0.05, 0) is 25.0 Å². The normalized spacial score (nSPS) is 23.6. The number of likely N-dealkylation sites (tertiary alicyclic amines) is 1. The van der Waals surface area contributed by atoms with Crippen LogP contribution >= 0.6 is 0 Å². The lowest BCUT2D eigenvalue weighted by Crippen LogP contribution is -2.42. The number of aliphatic hydroxyl groups excluding tert-OH is 1. The first-order valence-corrected chi connectivity index (χ1v) is 6.15. The standard InChI is InChI=1S/C13H17NO5/c15-9-2-1-3-10(16)8(9)4-6-14-7-5-11(17)12(14)13(18)19/h1-3,11-12,15-17H,4-7H2,(H,18,19)/t11?,12-/m0/s1. The van der Waals surface area contributed by atoms with Gasteiger partial charge in [-0.25, -0.2) is 0 Å². The summed E-state index contributed by atoms with van der Waals surface area (Å²) in [7, 11) is 0. The van der Waals surface area contributed by atoms with Crippen LogP contribution in [0, 0.1) is 0 Å². The summed E-state index contributed by atoms with van der Waals surface area (Å²) in [5.74, 6) is -1.07. The molecule has 1 aliphatic rings. The highest BCUT2D eigenvalue weighted by Gasteiger charge is 2.38. The molecule has 0 aromatic heterocycles. The quantitative estimate of drug-likeness (QED) is 0.620. The second kappa shape index (κ2) is 5.46. The van der Waals surface area contributed by atoms with Gasteiger partial charge in [0.05, 0.1) is 6.10 Å². The van der Waals surface area contributed by atoms with Gasteiger partial charge in [0, 0.05) is 18.7 Å². The van der Waals surface area contributed by atoms with Crippen LogP contribution in [0.4, 0.5) is 0 Å². The Morgan fingerprint density at radius 3 is 2.53 bits per heavy atom. The largest absolute Gasteiger partial charge is 0.508 e. The number of rotatable bonds is 4. The Hall–Kier alpha value is -1.79. The third-order valence-corrected chi connectivity index (χ3v) is 3.50. The molecule has 19 heavy (non-hydrogen) atoms. The van der Waals surface area contributed by atoms with E-state index in [1.165, 1.54) is 18.2 Å². The molecule has 1 heterocycles. The number of hydrogen-bond acceptors (Lipinski definition) is 5. The number of carboxylic acids is 1. The molecule has 1 unspecified atom stereocenters. The van der Waals surface area contributed by atoms with Crippen LogP contribution in [0.1, 0.15) is 12.0 Å². The van der Waals surface area contributed by atoms with E-state index in [-0.39, 0.29) is 11.5 Å². The van der Waals surface area contributed by atoms with Crippen LogP contribution in [-0.4, -0.2) is 56.5 Å². The van der Waals surface area contributed by atoms with E-state index in [0.29, 0.717) is 31.5 Å². The lowest BCUT2D eigenvalue weighted by Gasteiger charge is -2.22. The van der Waals surface area contributed by atoms with E-state index < -0.39 is 18.1 Å². The van der Waals surface area contributed by atoms with E-state index in [9.17, 15) is 20.1 Å². The van der Waals surface area contributed by atoms with Crippen LogP contribution in [0.5, 0.6) is 11.5 Å². The van der Waals surface area contributed by atoms with E-state index >= 15 is 0 Å². The number of phenols is 2. The molecule has 0 spiro atoms. The molecule has 104 valence electrons. The molecule has 1 fully saturated rings. The van der Waals surface area contributed by atoms with E-state index in [1.807, 2.05) is 0 Å². The van der Waals surface area contributed by atoms with Gasteiger partial charge in [-0.2, -0.15) is 0 Å². The van der Waals surface area contributed by atoms with E-state index in [4.69, 9.17) is 5.11 Å². The molecule has 2 atom stereocenters. The van der Waals surface area contributed by atoms with Crippen LogP contribution in [0.2, 0.25) is 0 Å². The molecule has 0 saturated carbocycles. The number of carbonyl (C=O) groups is 1. The number of aliphatic carboxylic acids is 1. The molecule has 0 aliphatic carbocycles. The van der Waals surface area contributed by atoms with Gasteiger partial charge in [0.1, 0.15) is 17.5 Å². The van der Waals surface area contributed by atoms with Crippen LogP contribution < -0.4 is 0 Å². The van der Waals surface area contributed by atoms with Gasteiger partial charge in [0.15, 0.2) is 0 Å². The summed E-state index contributed by atoms with van der Waals surface area (Å²) in [4.78, 5) is 12.7. The number of benzene rings is 1. The van der Waals surface area contributed by atoms with Crippen LogP contribution in [-0.2, 0) is 11.2 Å². The maximum atomic E-state index is 11.1. The van der Waals surface area contributed by atoms with Crippen molar-refractivity contribution in [2.24, 2.45) is 0 Å². The average Bonchev–Trinajstić information content (AvgIpc) is 2.70. The van der Waals surface area contributed by atoms with Crippen molar-refractivity contribution in [3.63, 3.8) is 0 Å². The molecule has 1 aromatic rings. The fraction of sp³-hybridized carbons (Fsp3) is 0.462. The first-order chi connectivity index (χ1) is 9.00. The monoisotopic (exact) mass is 267 g/mol. The predicted octanol–water partition coefficient (Wildman–Crippen LogP) is 0.160. The highest BCUT2D eigenvalue weighted by atomic mass is 16.4. The molecule has 1 saturated heterocycles. The fourth-order valence-electron chi connectivity index (χ4n) is 2.48. The van der Waals surface area contributed by atoms with Crippen molar-refractivity contribution in [1.82, 2.24) is 4.90 Å². The zero-order valence-electron chi connectivity index (χ0n) is 10.4. The molecular formula is C13H17NO5. The first-order valence-electron chi connectivity index (χ1n) is 6.15. The highest BCUT2D eigenvalue weighted by molar-refractivity contribution is 5.74. The van der Waals surface area contributed by atoms with Crippen molar-refractivity contribution in [1.29, 1.82) is 0 Å². The zero-order chi connectivity index (χ0) is 14.0. The molecule has 6 heteroatoms. The molecule has 0 bridgehead atoms. The Morgan fingerprint density at radius 1 is 1.32 bits per heavy atom. The number of phenolic OH excluding ortho intramolecular Hbond substituents is 2. The molecule has 6 nitrogen and oxygen atoms in total. The molecule has 0 radical (unpaired) electrons. The molecule has 0 amide bonds. The van der Waals surface area contributed by atoms with Gasteiger partial charge < -0.3 is 20.4 Å². The minimum absolute atomic E-state index is 0.00776. The Kier molecular flexibility index (Phi) is 3.92. The average molecular weight is 267 g/mol. The topological polar surface area (TPSA) is 101 Å². The second-order valence-corrected chi connectivity index (χ2v) is 4.70. The van der Waals surface area contributed by atoms with Crippen molar-refractivity contribution in [3.05, 3.63) is 23.8 Å². The van der Waals surface area contributed by atoms with Gasteiger partial charge in [0.25, 0.3) is 0 Å². The minimum atomic E-state index is -1.05. The van der Waals surface area contributed by atoms with Crippen LogP contribution in [0.15, 0.2) is 18.2 Å². The number of carboxylic acid groups (broad SMARTS) is 1. The van der Waals surface area contributed by atoms with Crippen LogP contribution in [0.25, 0.3) is 0 Å². The Bertz CT molecular complexity index is 456. The lowest BCUT2D eigenvalue weighted by atomic mass is 10.1. The number of hydrogen-bond donors (Lipinski definition) is 4. The van der Waals surface area contributed by atoms with Gasteiger partial charge in [0.2, 0.25) is 0 Å².